The molecule has 0 spiro atoms. The Morgan fingerprint density at radius 2 is 2.25 bits per heavy atom. The van der Waals surface area contributed by atoms with E-state index in [2.05, 4.69) is 39.8 Å². The predicted molar refractivity (Wildman–Crippen MR) is 70.3 cm³/mol. The van der Waals surface area contributed by atoms with Crippen LogP contribution in [0.3, 0.4) is 0 Å². The van der Waals surface area contributed by atoms with E-state index < -0.39 is 0 Å². The van der Waals surface area contributed by atoms with Crippen LogP contribution in [0.5, 0.6) is 0 Å². The SMILES string of the molecule is CCC/C(=C\CC1CC=C(C)C1(C)C)CO. The number of aliphatic hydroxyl groups is 1. The van der Waals surface area contributed by atoms with Gasteiger partial charge in [-0.3, -0.25) is 0 Å². The fourth-order valence-corrected chi connectivity index (χ4v) is 2.47. The summed E-state index contributed by atoms with van der Waals surface area (Å²) in [5.41, 5.74) is 3.07. The minimum absolute atomic E-state index is 0.230. The number of allylic oxidation sites excluding steroid dienone is 3. The third-order valence-corrected chi connectivity index (χ3v) is 4.21. The first-order chi connectivity index (χ1) is 7.52. The molecule has 1 nitrogen and oxygen atoms in total. The number of rotatable bonds is 5. The van der Waals surface area contributed by atoms with E-state index in [9.17, 15) is 5.11 Å². The van der Waals surface area contributed by atoms with Crippen molar-refractivity contribution >= 4 is 0 Å². The molecule has 0 aromatic rings. The summed E-state index contributed by atoms with van der Waals surface area (Å²) >= 11 is 0. The highest BCUT2D eigenvalue weighted by atomic mass is 16.3. The Labute approximate surface area is 100 Å². The summed E-state index contributed by atoms with van der Waals surface area (Å²) in [6.45, 7) is 9.30. The zero-order chi connectivity index (χ0) is 12.2. The van der Waals surface area contributed by atoms with Gasteiger partial charge in [-0.05, 0) is 43.1 Å². The second-order valence-corrected chi connectivity index (χ2v) is 5.55. The van der Waals surface area contributed by atoms with Crippen LogP contribution in [0.2, 0.25) is 0 Å². The number of hydrogen-bond donors (Lipinski definition) is 1. The molecule has 0 saturated carbocycles. The van der Waals surface area contributed by atoms with E-state index in [0.29, 0.717) is 11.3 Å². The maximum Gasteiger partial charge on any atom is 0.0641 e. The summed E-state index contributed by atoms with van der Waals surface area (Å²) in [5.74, 6) is 0.714. The van der Waals surface area contributed by atoms with Crippen LogP contribution < -0.4 is 0 Å². The minimum Gasteiger partial charge on any atom is -0.392 e. The van der Waals surface area contributed by atoms with Gasteiger partial charge in [-0.25, -0.2) is 0 Å². The second-order valence-electron chi connectivity index (χ2n) is 5.55. The van der Waals surface area contributed by atoms with Crippen molar-refractivity contribution in [2.24, 2.45) is 11.3 Å². The number of hydrogen-bond acceptors (Lipinski definition) is 1. The molecule has 0 fully saturated rings. The maximum absolute atomic E-state index is 9.23. The minimum atomic E-state index is 0.230. The van der Waals surface area contributed by atoms with Crippen molar-refractivity contribution < 1.29 is 5.11 Å². The normalized spacial score (nSPS) is 24.7. The molecule has 0 aliphatic heterocycles. The lowest BCUT2D eigenvalue weighted by molar-refractivity contribution is 0.291. The molecule has 1 rings (SSSR count). The molecule has 16 heavy (non-hydrogen) atoms. The predicted octanol–water partition coefficient (Wildman–Crippen LogP) is 4.09. The molecule has 0 amide bonds. The first-order valence-corrected chi connectivity index (χ1v) is 6.48. The summed E-state index contributed by atoms with van der Waals surface area (Å²) in [4.78, 5) is 0. The molecular formula is C15H26O. The lowest BCUT2D eigenvalue weighted by Gasteiger charge is -2.29. The molecular weight excluding hydrogens is 196 g/mol. The van der Waals surface area contributed by atoms with Gasteiger partial charge in [0.15, 0.2) is 0 Å². The Kier molecular flexibility index (Phi) is 4.79. The summed E-state index contributed by atoms with van der Waals surface area (Å²) in [6, 6.07) is 0. The largest absolute Gasteiger partial charge is 0.392 e. The Morgan fingerprint density at radius 1 is 1.56 bits per heavy atom. The molecule has 1 N–H and O–H groups in total. The Bertz CT molecular complexity index is 284. The first-order valence-electron chi connectivity index (χ1n) is 6.48. The second kappa shape index (κ2) is 5.67. The zero-order valence-corrected chi connectivity index (χ0v) is 11.2. The summed E-state index contributed by atoms with van der Waals surface area (Å²) in [7, 11) is 0. The van der Waals surface area contributed by atoms with Gasteiger partial charge in [0, 0.05) is 0 Å². The molecule has 1 heteroatoms. The highest BCUT2D eigenvalue weighted by Gasteiger charge is 2.33. The molecule has 0 saturated heterocycles. The molecule has 1 aliphatic rings. The van der Waals surface area contributed by atoms with Crippen LogP contribution >= 0.6 is 0 Å². The molecule has 92 valence electrons. The van der Waals surface area contributed by atoms with Crippen LogP contribution in [0.15, 0.2) is 23.3 Å². The van der Waals surface area contributed by atoms with E-state index in [1.807, 2.05) is 0 Å². The topological polar surface area (TPSA) is 20.2 Å². The van der Waals surface area contributed by atoms with Crippen molar-refractivity contribution in [3.63, 3.8) is 0 Å². The Hall–Kier alpha value is -0.560. The summed E-state index contributed by atoms with van der Waals surface area (Å²) < 4.78 is 0. The lowest BCUT2D eigenvalue weighted by Crippen LogP contribution is -2.19. The van der Waals surface area contributed by atoms with Gasteiger partial charge in [0.25, 0.3) is 0 Å². The average molecular weight is 222 g/mol. The van der Waals surface area contributed by atoms with Crippen molar-refractivity contribution in [3.05, 3.63) is 23.3 Å². The van der Waals surface area contributed by atoms with Gasteiger partial charge in [0.1, 0.15) is 0 Å². The first kappa shape index (κ1) is 13.5. The molecule has 0 bridgehead atoms. The van der Waals surface area contributed by atoms with Crippen LogP contribution in [-0.4, -0.2) is 11.7 Å². The van der Waals surface area contributed by atoms with Crippen molar-refractivity contribution in [2.45, 2.75) is 53.4 Å². The van der Waals surface area contributed by atoms with Crippen LogP contribution in [-0.2, 0) is 0 Å². The van der Waals surface area contributed by atoms with Gasteiger partial charge in [0.05, 0.1) is 6.61 Å². The highest BCUT2D eigenvalue weighted by molar-refractivity contribution is 5.19. The third kappa shape index (κ3) is 2.98. The highest BCUT2D eigenvalue weighted by Crippen LogP contribution is 2.44. The van der Waals surface area contributed by atoms with E-state index in [0.717, 1.165) is 19.3 Å². The molecule has 0 aromatic carbocycles. The van der Waals surface area contributed by atoms with Crippen LogP contribution in [0, 0.1) is 11.3 Å². The van der Waals surface area contributed by atoms with E-state index in [4.69, 9.17) is 0 Å². The molecule has 1 aliphatic carbocycles. The van der Waals surface area contributed by atoms with Gasteiger partial charge in [0.2, 0.25) is 0 Å². The van der Waals surface area contributed by atoms with Gasteiger partial charge in [-0.1, -0.05) is 44.9 Å². The van der Waals surface area contributed by atoms with Crippen molar-refractivity contribution in [3.8, 4) is 0 Å². The van der Waals surface area contributed by atoms with Crippen molar-refractivity contribution in [1.82, 2.24) is 0 Å². The summed E-state index contributed by atoms with van der Waals surface area (Å²) in [5, 5.41) is 9.23. The molecule has 0 heterocycles. The van der Waals surface area contributed by atoms with Crippen LogP contribution in [0.25, 0.3) is 0 Å². The third-order valence-electron chi connectivity index (χ3n) is 4.21. The fraction of sp³-hybridized carbons (Fsp3) is 0.733. The van der Waals surface area contributed by atoms with E-state index in [-0.39, 0.29) is 6.61 Å². The fourth-order valence-electron chi connectivity index (χ4n) is 2.47. The monoisotopic (exact) mass is 222 g/mol. The standard InChI is InChI=1S/C15H26O/c1-5-6-13(11-16)8-10-14-9-7-12(2)15(14,3)4/h7-8,14,16H,5-6,9-11H2,1-4H3/b13-8+. The Balaban J connectivity index is 2.56. The van der Waals surface area contributed by atoms with E-state index in [1.54, 1.807) is 0 Å². The molecule has 0 aromatic heterocycles. The van der Waals surface area contributed by atoms with Crippen LogP contribution in [0.4, 0.5) is 0 Å². The summed E-state index contributed by atoms with van der Waals surface area (Å²) in [6.07, 6.45) is 9.10. The van der Waals surface area contributed by atoms with Gasteiger partial charge in [-0.15, -0.1) is 0 Å². The van der Waals surface area contributed by atoms with Gasteiger partial charge >= 0.3 is 0 Å². The zero-order valence-electron chi connectivity index (χ0n) is 11.2. The quantitative estimate of drug-likeness (QED) is 0.695. The van der Waals surface area contributed by atoms with Gasteiger partial charge in [-0.2, -0.15) is 0 Å². The molecule has 1 atom stereocenters. The molecule has 0 radical (unpaired) electrons. The van der Waals surface area contributed by atoms with E-state index in [1.165, 1.54) is 17.6 Å². The Morgan fingerprint density at radius 3 is 2.69 bits per heavy atom. The maximum atomic E-state index is 9.23. The van der Waals surface area contributed by atoms with Crippen LogP contribution in [0.1, 0.15) is 53.4 Å². The number of aliphatic hydroxyl groups excluding tert-OH is 1. The van der Waals surface area contributed by atoms with Gasteiger partial charge < -0.3 is 5.11 Å². The average Bonchev–Trinajstić information content (AvgIpc) is 2.50. The van der Waals surface area contributed by atoms with Crippen molar-refractivity contribution in [2.75, 3.05) is 6.61 Å². The lowest BCUT2D eigenvalue weighted by atomic mass is 9.76. The van der Waals surface area contributed by atoms with E-state index >= 15 is 0 Å². The van der Waals surface area contributed by atoms with Crippen molar-refractivity contribution in [1.29, 1.82) is 0 Å². The molecule has 1 unspecified atom stereocenters. The smallest absolute Gasteiger partial charge is 0.0641 e.